The van der Waals surface area contributed by atoms with Crippen LogP contribution in [-0.4, -0.2) is 32.2 Å². The van der Waals surface area contributed by atoms with Gasteiger partial charge in [0.2, 0.25) is 0 Å². The number of anilines is 2. The molecule has 0 saturated heterocycles. The number of aromatic nitrogens is 1. The van der Waals surface area contributed by atoms with Gasteiger partial charge in [0.25, 0.3) is 0 Å². The summed E-state index contributed by atoms with van der Waals surface area (Å²) in [6.07, 6.45) is 23.6. The molecular weight excluding hydrogens is 519 g/mol. The number of hydrogen-bond donors (Lipinski definition) is 2. The molecule has 0 aliphatic rings. The van der Waals surface area contributed by atoms with Gasteiger partial charge >= 0.3 is 0 Å². The predicted octanol–water partition coefficient (Wildman–Crippen LogP) is 9.85. The van der Waals surface area contributed by atoms with Gasteiger partial charge in [-0.15, -0.1) is 19.4 Å². The first-order valence-electron chi connectivity index (χ1n) is 14.7. The molecule has 1 heterocycles. The fourth-order valence-corrected chi connectivity index (χ4v) is 3.39. The van der Waals surface area contributed by atoms with Gasteiger partial charge in [-0.25, -0.2) is 9.37 Å². The zero-order valence-electron chi connectivity index (χ0n) is 27.6. The standard InChI is InChI=1S/C13H20N2.C10H12FN.C10H17N.C2H6.C2H2/c1-4-9-15(10-5-2)13-11-12(6-3)7-8-14-13;1-3-4-8-5-9(11)7-10(6-8)12-2;1-5-10(6-2)8-7-9(3)11-4;2*1-2/h6-8,11H,3-5,9-10H2,1-2H3;3,5-7,12H,1,4H2,2H3;5-7,11H,1,8H2,2-4H3;1-2H3;1-2H/b;;9-7+,10-6-;;. The van der Waals surface area contributed by atoms with Gasteiger partial charge < -0.3 is 15.5 Å². The molecule has 4 nitrogen and oxygen atoms in total. The summed E-state index contributed by atoms with van der Waals surface area (Å²) >= 11 is 0. The van der Waals surface area contributed by atoms with Crippen molar-refractivity contribution in [2.75, 3.05) is 37.4 Å². The van der Waals surface area contributed by atoms with Crippen molar-refractivity contribution in [1.82, 2.24) is 10.3 Å². The molecule has 0 radical (unpaired) electrons. The van der Waals surface area contributed by atoms with E-state index in [1.165, 1.54) is 23.4 Å². The third kappa shape index (κ3) is 20.8. The van der Waals surface area contributed by atoms with Crippen molar-refractivity contribution in [2.24, 2.45) is 0 Å². The molecule has 0 aliphatic heterocycles. The van der Waals surface area contributed by atoms with E-state index in [1.807, 2.05) is 58.3 Å². The molecule has 0 atom stereocenters. The van der Waals surface area contributed by atoms with Gasteiger partial charge in [0.05, 0.1) is 0 Å². The lowest BCUT2D eigenvalue weighted by atomic mass is 10.1. The lowest BCUT2D eigenvalue weighted by molar-refractivity contribution is 0.626. The smallest absolute Gasteiger partial charge is 0.129 e. The minimum Gasteiger partial charge on any atom is -0.392 e. The molecule has 0 saturated carbocycles. The Bertz CT molecular complexity index is 1060. The largest absolute Gasteiger partial charge is 0.392 e. The van der Waals surface area contributed by atoms with Crippen LogP contribution in [0.15, 0.2) is 91.8 Å². The molecule has 2 aromatic rings. The highest BCUT2D eigenvalue weighted by Crippen LogP contribution is 2.15. The van der Waals surface area contributed by atoms with Gasteiger partial charge in [-0.1, -0.05) is 71.2 Å². The number of nitrogens with one attached hydrogen (secondary N) is 2. The molecule has 2 rings (SSSR count). The lowest BCUT2D eigenvalue weighted by Gasteiger charge is -2.22. The Kier molecular flexibility index (Phi) is 30.2. The first-order chi connectivity index (χ1) is 20.3. The summed E-state index contributed by atoms with van der Waals surface area (Å²) in [6, 6.07) is 8.96. The molecule has 0 bridgehead atoms. The molecule has 1 aromatic heterocycles. The number of terminal acetylenes is 1. The zero-order valence-corrected chi connectivity index (χ0v) is 27.6. The third-order valence-electron chi connectivity index (χ3n) is 5.61. The van der Waals surface area contributed by atoms with Crippen LogP contribution in [0.4, 0.5) is 15.9 Å². The molecule has 0 unspecified atom stereocenters. The molecule has 1 aromatic carbocycles. The summed E-state index contributed by atoms with van der Waals surface area (Å²) < 4.78 is 12.9. The monoisotopic (exact) mass is 576 g/mol. The number of benzene rings is 1. The van der Waals surface area contributed by atoms with Crippen molar-refractivity contribution in [1.29, 1.82) is 0 Å². The van der Waals surface area contributed by atoms with Crippen molar-refractivity contribution in [2.45, 2.75) is 67.2 Å². The summed E-state index contributed by atoms with van der Waals surface area (Å²) in [7, 11) is 3.70. The number of hydrogen-bond acceptors (Lipinski definition) is 4. The molecular formula is C37H57FN4. The van der Waals surface area contributed by atoms with E-state index in [0.717, 1.165) is 55.0 Å². The van der Waals surface area contributed by atoms with Crippen LogP contribution in [0.5, 0.6) is 0 Å². The Morgan fingerprint density at radius 3 is 2.10 bits per heavy atom. The van der Waals surface area contributed by atoms with E-state index in [2.05, 4.69) is 92.1 Å². The summed E-state index contributed by atoms with van der Waals surface area (Å²) in [5.41, 5.74) is 5.34. The molecule has 5 heteroatoms. The molecule has 42 heavy (non-hydrogen) atoms. The minimum atomic E-state index is -0.210. The molecule has 0 aliphatic carbocycles. The highest BCUT2D eigenvalue weighted by atomic mass is 19.1. The van der Waals surface area contributed by atoms with Crippen LogP contribution in [0.25, 0.3) is 6.08 Å². The van der Waals surface area contributed by atoms with Gasteiger partial charge in [0.1, 0.15) is 11.6 Å². The topological polar surface area (TPSA) is 40.2 Å². The maximum absolute atomic E-state index is 12.9. The van der Waals surface area contributed by atoms with Crippen LogP contribution in [-0.2, 0) is 6.42 Å². The average molecular weight is 577 g/mol. The van der Waals surface area contributed by atoms with Crippen LogP contribution >= 0.6 is 0 Å². The number of pyridine rings is 1. The number of rotatable bonds is 13. The summed E-state index contributed by atoms with van der Waals surface area (Å²) in [4.78, 5) is 6.73. The van der Waals surface area contributed by atoms with E-state index in [-0.39, 0.29) is 5.82 Å². The van der Waals surface area contributed by atoms with Crippen LogP contribution in [0.1, 0.15) is 71.9 Å². The first kappa shape index (κ1) is 42.4. The SMILES string of the molecule is C#C.C=C/C(=C/C)C/C=C(\C)NC.C=CCc1cc(F)cc(NC)c1.C=Cc1ccnc(N(CCC)CCC)c1.CC. The summed E-state index contributed by atoms with van der Waals surface area (Å²) in [5.74, 6) is 0.856. The van der Waals surface area contributed by atoms with Crippen molar-refractivity contribution in [3.63, 3.8) is 0 Å². The Morgan fingerprint density at radius 2 is 1.64 bits per heavy atom. The van der Waals surface area contributed by atoms with Crippen molar-refractivity contribution < 1.29 is 4.39 Å². The molecule has 0 amide bonds. The van der Waals surface area contributed by atoms with E-state index in [9.17, 15) is 4.39 Å². The summed E-state index contributed by atoms with van der Waals surface area (Å²) in [6.45, 7) is 25.7. The van der Waals surface area contributed by atoms with E-state index >= 15 is 0 Å². The van der Waals surface area contributed by atoms with E-state index < -0.39 is 0 Å². The number of allylic oxidation sites excluding steroid dienone is 6. The van der Waals surface area contributed by atoms with E-state index in [4.69, 9.17) is 0 Å². The number of nitrogens with zero attached hydrogens (tertiary/aromatic N) is 2. The maximum Gasteiger partial charge on any atom is 0.129 e. The minimum absolute atomic E-state index is 0.210. The van der Waals surface area contributed by atoms with Gasteiger partial charge in [-0.3, -0.25) is 0 Å². The Morgan fingerprint density at radius 1 is 1.02 bits per heavy atom. The lowest BCUT2D eigenvalue weighted by Crippen LogP contribution is -2.25. The van der Waals surface area contributed by atoms with Gasteiger partial charge in [0.15, 0.2) is 0 Å². The molecule has 0 spiro atoms. The van der Waals surface area contributed by atoms with Crippen molar-refractivity contribution in [3.05, 3.63) is 109 Å². The van der Waals surface area contributed by atoms with Crippen molar-refractivity contribution >= 4 is 17.6 Å². The van der Waals surface area contributed by atoms with Crippen LogP contribution in [0.3, 0.4) is 0 Å². The Labute approximate surface area is 258 Å². The van der Waals surface area contributed by atoms with Gasteiger partial charge in [0, 0.05) is 44.8 Å². The van der Waals surface area contributed by atoms with E-state index in [1.54, 1.807) is 13.1 Å². The van der Waals surface area contributed by atoms with E-state index in [0.29, 0.717) is 6.42 Å². The molecule has 2 N–H and O–H groups in total. The van der Waals surface area contributed by atoms with Gasteiger partial charge in [-0.05, 0) is 86.6 Å². The molecule has 232 valence electrons. The highest BCUT2D eigenvalue weighted by molar-refractivity contribution is 5.53. The second-order valence-corrected chi connectivity index (χ2v) is 8.64. The second-order valence-electron chi connectivity index (χ2n) is 8.64. The maximum atomic E-state index is 12.9. The highest BCUT2D eigenvalue weighted by Gasteiger charge is 2.05. The Balaban J connectivity index is -0.000000518. The van der Waals surface area contributed by atoms with Crippen LogP contribution in [0, 0.1) is 18.7 Å². The van der Waals surface area contributed by atoms with Crippen LogP contribution < -0.4 is 15.5 Å². The fourth-order valence-electron chi connectivity index (χ4n) is 3.39. The Hall–Kier alpha value is -4.04. The zero-order chi connectivity index (χ0) is 32.8. The quantitative estimate of drug-likeness (QED) is 0.141. The average Bonchev–Trinajstić information content (AvgIpc) is 3.03. The normalized spacial score (nSPS) is 9.88. The second kappa shape index (κ2) is 29.9. The predicted molar refractivity (Wildman–Crippen MR) is 190 cm³/mol. The third-order valence-corrected chi connectivity index (χ3v) is 5.61. The summed E-state index contributed by atoms with van der Waals surface area (Å²) in [5, 5.41) is 5.96. The first-order valence-corrected chi connectivity index (χ1v) is 14.7. The molecule has 0 fully saturated rings. The fraction of sp³-hybridized carbons (Fsp3) is 0.378. The van der Waals surface area contributed by atoms with Gasteiger partial charge in [-0.2, -0.15) is 0 Å². The number of halogens is 1. The van der Waals surface area contributed by atoms with Crippen molar-refractivity contribution in [3.8, 4) is 12.8 Å². The van der Waals surface area contributed by atoms with Crippen LogP contribution in [0.2, 0.25) is 0 Å².